The number of nitrogens with one attached hydrogen (secondary N) is 2. The molecule has 0 radical (unpaired) electrons. The van der Waals surface area contributed by atoms with Crippen LogP contribution in [-0.2, 0) is 20.8 Å². The molecular weight excluding hydrogens is 632 g/mol. The first kappa shape index (κ1) is 33.9. The Morgan fingerprint density at radius 1 is 0.918 bits per heavy atom. The van der Waals surface area contributed by atoms with Crippen molar-refractivity contribution in [3.8, 4) is 0 Å². The summed E-state index contributed by atoms with van der Waals surface area (Å²) in [7, 11) is 0. The number of fused-ring (bicyclic) bond motifs is 1. The number of ether oxygens (including phenoxy) is 2. The van der Waals surface area contributed by atoms with Gasteiger partial charge >= 0.3 is 0 Å². The number of nitrogens with zero attached hydrogens (tertiary/aromatic N) is 8. The summed E-state index contributed by atoms with van der Waals surface area (Å²) in [6, 6.07) is 20.7. The zero-order valence-electron chi connectivity index (χ0n) is 26.8. The second kappa shape index (κ2) is 16.4. The third-order valence-electron chi connectivity index (χ3n) is 8.53. The number of carboxylic acid groups (broad SMARTS) is 1. The molecule has 258 valence electrons. The summed E-state index contributed by atoms with van der Waals surface area (Å²) >= 11 is 0. The Morgan fingerprint density at radius 2 is 1.57 bits per heavy atom. The molecule has 2 aliphatic heterocycles. The molecule has 16 nitrogen and oxygen atoms in total. The molecule has 0 saturated carbocycles. The highest BCUT2D eigenvalue weighted by Crippen LogP contribution is 2.34. The largest absolute Gasteiger partial charge is 0.483 e. The van der Waals surface area contributed by atoms with Gasteiger partial charge in [0, 0.05) is 38.6 Å². The molecule has 2 aliphatic rings. The summed E-state index contributed by atoms with van der Waals surface area (Å²) in [5.41, 5.74) is 3.35. The highest BCUT2D eigenvalue weighted by atomic mass is 16.6. The van der Waals surface area contributed by atoms with Crippen molar-refractivity contribution in [3.63, 3.8) is 0 Å². The number of carbonyl (C=O) groups is 1. The molecule has 5 heterocycles. The Bertz CT molecular complexity index is 1700. The van der Waals surface area contributed by atoms with Crippen LogP contribution in [0.5, 0.6) is 0 Å². The van der Waals surface area contributed by atoms with E-state index in [0.29, 0.717) is 36.0 Å². The monoisotopic (exact) mass is 672 g/mol. The minimum atomic E-state index is -1.22. The van der Waals surface area contributed by atoms with Crippen LogP contribution < -0.4 is 10.6 Å². The number of hydrogen-bond donors (Lipinski definition) is 5. The van der Waals surface area contributed by atoms with Crippen molar-refractivity contribution in [1.82, 2.24) is 39.4 Å². The van der Waals surface area contributed by atoms with E-state index in [1.807, 2.05) is 36.4 Å². The molecule has 5 N–H and O–H groups in total. The predicted molar refractivity (Wildman–Crippen MR) is 179 cm³/mol. The van der Waals surface area contributed by atoms with Gasteiger partial charge in [0.1, 0.15) is 18.3 Å². The maximum Gasteiger partial charge on any atom is 0.290 e. The number of rotatable bonds is 12. The average Bonchev–Trinajstić information content (AvgIpc) is 3.87. The van der Waals surface area contributed by atoms with Gasteiger partial charge < -0.3 is 35.4 Å². The Kier molecular flexibility index (Phi) is 11.3. The van der Waals surface area contributed by atoms with Crippen LogP contribution in [0.3, 0.4) is 0 Å². The van der Waals surface area contributed by atoms with Crippen molar-refractivity contribution in [3.05, 3.63) is 90.5 Å². The predicted octanol–water partition coefficient (Wildman–Crippen LogP) is 1.43. The molecule has 16 heteroatoms. The molecule has 0 aliphatic carbocycles. The van der Waals surface area contributed by atoms with E-state index in [9.17, 15) is 10.2 Å². The molecule has 0 spiro atoms. The zero-order chi connectivity index (χ0) is 34.0. The lowest BCUT2D eigenvalue weighted by atomic mass is 9.91. The van der Waals surface area contributed by atoms with Crippen molar-refractivity contribution in [1.29, 1.82) is 0 Å². The second-order valence-corrected chi connectivity index (χ2v) is 11.6. The van der Waals surface area contributed by atoms with Crippen LogP contribution in [0.1, 0.15) is 23.3 Å². The van der Waals surface area contributed by atoms with Gasteiger partial charge in [-0.2, -0.15) is 25.0 Å². The molecule has 2 fully saturated rings. The molecule has 2 aromatic carbocycles. The van der Waals surface area contributed by atoms with Crippen LogP contribution >= 0.6 is 0 Å². The van der Waals surface area contributed by atoms with Crippen LogP contribution in [0.25, 0.3) is 11.2 Å². The van der Waals surface area contributed by atoms with E-state index in [1.54, 1.807) is 23.3 Å². The Morgan fingerprint density at radius 3 is 2.22 bits per heavy atom. The van der Waals surface area contributed by atoms with Crippen LogP contribution in [0.2, 0.25) is 0 Å². The van der Waals surface area contributed by atoms with Crippen molar-refractivity contribution in [2.24, 2.45) is 0 Å². The Balaban J connectivity index is 0.00000134. The van der Waals surface area contributed by atoms with Gasteiger partial charge in [-0.15, -0.1) is 0 Å². The van der Waals surface area contributed by atoms with Gasteiger partial charge in [-0.05, 0) is 11.1 Å². The quantitative estimate of drug-likeness (QED) is 0.119. The number of hydrogen-bond acceptors (Lipinski definition) is 13. The van der Waals surface area contributed by atoms with E-state index in [4.69, 9.17) is 29.3 Å². The maximum atomic E-state index is 11.1. The van der Waals surface area contributed by atoms with Gasteiger partial charge in [-0.25, -0.2) is 4.98 Å². The van der Waals surface area contributed by atoms with Crippen LogP contribution in [0, 0.1) is 0 Å². The maximum absolute atomic E-state index is 11.1. The van der Waals surface area contributed by atoms with E-state index in [-0.39, 0.29) is 18.9 Å². The summed E-state index contributed by atoms with van der Waals surface area (Å²) in [5, 5.41) is 44.0. The fraction of sp³-hybridized carbons (Fsp3) is 0.394. The number of imidazole rings is 1. The van der Waals surface area contributed by atoms with Gasteiger partial charge in [-0.3, -0.25) is 14.3 Å². The minimum Gasteiger partial charge on any atom is -0.483 e. The minimum absolute atomic E-state index is 0.0547. The molecule has 0 amide bonds. The number of aliphatic hydroxyl groups excluding tert-OH is 2. The highest BCUT2D eigenvalue weighted by molar-refractivity contribution is 5.84. The smallest absolute Gasteiger partial charge is 0.290 e. The van der Waals surface area contributed by atoms with E-state index in [2.05, 4.69) is 55.0 Å². The van der Waals surface area contributed by atoms with E-state index in [0.717, 1.165) is 32.8 Å². The Labute approximate surface area is 282 Å². The van der Waals surface area contributed by atoms with Crippen LogP contribution in [0.15, 0.2) is 79.4 Å². The fourth-order valence-electron chi connectivity index (χ4n) is 6.06. The normalized spacial score (nSPS) is 21.0. The molecule has 5 aromatic rings. The number of aliphatic hydroxyl groups is 2. The number of morpholine rings is 1. The second-order valence-electron chi connectivity index (χ2n) is 11.6. The topological polar surface area (TPSA) is 198 Å². The van der Waals surface area contributed by atoms with Crippen LogP contribution in [0.4, 0.5) is 11.8 Å². The first-order valence-corrected chi connectivity index (χ1v) is 16.1. The van der Waals surface area contributed by atoms with Crippen molar-refractivity contribution in [2.75, 3.05) is 56.6 Å². The Hall–Kier alpha value is -5.00. The summed E-state index contributed by atoms with van der Waals surface area (Å²) in [6.45, 7) is 5.17. The first-order chi connectivity index (χ1) is 24.1. The standard InChI is InChI=1S/C32H38N10O4.CH2O2/c43-27-25(20-42-36-11-12-37-42)46-31(28(27)44)41-21-35-26-29(38-32(39-30(26)41)33-13-14-40-15-17-45-18-16-40)34-19-24(22-7-3-1-4-8-22)23-9-5-2-6-10-23;2-1-3/h1-12,21,24-25,27-28,31,43-44H,13-20H2,(H2,33,34,38,39);1H,(H,2,3)/t25-,27-,28-,31-;/m1./s1. The van der Waals surface area contributed by atoms with Crippen molar-refractivity contribution in [2.45, 2.75) is 37.0 Å². The molecule has 4 atom stereocenters. The molecule has 7 rings (SSSR count). The van der Waals surface area contributed by atoms with Crippen molar-refractivity contribution >= 4 is 29.4 Å². The highest BCUT2D eigenvalue weighted by Gasteiger charge is 2.45. The third kappa shape index (κ3) is 8.18. The number of benzene rings is 2. The van der Waals surface area contributed by atoms with E-state index in [1.165, 1.54) is 15.9 Å². The molecular formula is C33H40N10O6. The third-order valence-corrected chi connectivity index (χ3v) is 8.53. The lowest BCUT2D eigenvalue weighted by Gasteiger charge is -2.26. The summed E-state index contributed by atoms with van der Waals surface area (Å²) in [5.74, 6) is 1.03. The van der Waals surface area contributed by atoms with E-state index >= 15 is 0 Å². The van der Waals surface area contributed by atoms with Crippen molar-refractivity contribution < 1.29 is 29.6 Å². The van der Waals surface area contributed by atoms with Gasteiger partial charge in [0.2, 0.25) is 5.95 Å². The van der Waals surface area contributed by atoms with Crippen LogP contribution in [-0.4, -0.2) is 125 Å². The lowest BCUT2D eigenvalue weighted by Crippen LogP contribution is -2.39. The molecule has 0 bridgehead atoms. The van der Waals surface area contributed by atoms with Gasteiger partial charge in [0.15, 0.2) is 23.2 Å². The summed E-state index contributed by atoms with van der Waals surface area (Å²) in [4.78, 5) is 26.5. The first-order valence-electron chi connectivity index (χ1n) is 16.1. The van der Waals surface area contributed by atoms with E-state index < -0.39 is 24.5 Å². The zero-order valence-corrected chi connectivity index (χ0v) is 26.8. The molecule has 49 heavy (non-hydrogen) atoms. The van der Waals surface area contributed by atoms with Gasteiger partial charge in [0.05, 0.1) is 38.5 Å². The lowest BCUT2D eigenvalue weighted by molar-refractivity contribution is -0.122. The molecule has 2 saturated heterocycles. The van der Waals surface area contributed by atoms with Gasteiger partial charge in [-0.1, -0.05) is 60.7 Å². The van der Waals surface area contributed by atoms with Gasteiger partial charge in [0.25, 0.3) is 6.47 Å². The fourth-order valence-corrected chi connectivity index (χ4v) is 6.06. The number of aromatic nitrogens is 7. The molecule has 3 aromatic heterocycles. The number of anilines is 2. The SMILES string of the molecule is O=CO.O[C@@H]1[C@H](O)[C@@H](Cn2nccn2)O[C@H]1n1cnc2c(NCC(c3ccccc3)c3ccccc3)nc(NCCN3CCOCC3)nc21. The molecule has 0 unspecified atom stereocenters. The summed E-state index contributed by atoms with van der Waals surface area (Å²) < 4.78 is 13.3. The average molecular weight is 673 g/mol. The summed E-state index contributed by atoms with van der Waals surface area (Å²) in [6.07, 6.45) is 0.650.